The third-order valence-electron chi connectivity index (χ3n) is 5.55. The van der Waals surface area contributed by atoms with Gasteiger partial charge in [0.1, 0.15) is 24.0 Å². The largest absolute Gasteiger partial charge is 0.489 e. The molecule has 5 rings (SSSR count). The predicted molar refractivity (Wildman–Crippen MR) is 115 cm³/mol. The van der Waals surface area contributed by atoms with Crippen molar-refractivity contribution >= 4 is 22.6 Å². The summed E-state index contributed by atoms with van der Waals surface area (Å²) >= 11 is 5.79. The summed E-state index contributed by atoms with van der Waals surface area (Å²) in [6.07, 6.45) is 2.59. The van der Waals surface area contributed by atoms with Gasteiger partial charge in [-0.2, -0.15) is 0 Å². The number of fused-ring (bicyclic) bond motifs is 1. The Morgan fingerprint density at radius 3 is 2.84 bits per heavy atom. The molecule has 0 spiro atoms. The molecule has 2 heterocycles. The van der Waals surface area contributed by atoms with Crippen LogP contribution in [0.3, 0.4) is 0 Å². The van der Waals surface area contributed by atoms with Gasteiger partial charge >= 0.3 is 0 Å². The summed E-state index contributed by atoms with van der Waals surface area (Å²) in [6, 6.07) is 13.1. The van der Waals surface area contributed by atoms with Crippen molar-refractivity contribution in [3.8, 4) is 11.4 Å². The highest BCUT2D eigenvalue weighted by atomic mass is 35.5. The standard InChI is InChI=1S/C23H19ClFN3O3/c24-18-7-13(1-3-19(18)25)12-31-16-5-6-28(22(30)10-16)15-2-4-20-21(9-15)27-23(26-20)17-8-14(17)11-29/h1-7,9-10,14,17,29H,8,11-12H2,(H,26,27). The molecule has 0 bridgehead atoms. The first kappa shape index (κ1) is 19.8. The Hall–Kier alpha value is -3.16. The van der Waals surface area contributed by atoms with Gasteiger partial charge in [-0.25, -0.2) is 9.37 Å². The Morgan fingerprint density at radius 1 is 1.23 bits per heavy atom. The second-order valence-electron chi connectivity index (χ2n) is 7.72. The number of aromatic nitrogens is 3. The van der Waals surface area contributed by atoms with Gasteiger partial charge in [-0.1, -0.05) is 17.7 Å². The fourth-order valence-corrected chi connectivity index (χ4v) is 3.89. The molecule has 0 amide bonds. The summed E-state index contributed by atoms with van der Waals surface area (Å²) in [5.41, 5.74) is 2.84. The fourth-order valence-electron chi connectivity index (χ4n) is 3.69. The molecule has 4 aromatic rings. The molecule has 2 unspecified atom stereocenters. The monoisotopic (exact) mass is 439 g/mol. The lowest BCUT2D eigenvalue weighted by Crippen LogP contribution is -2.16. The van der Waals surface area contributed by atoms with Gasteiger partial charge in [0.25, 0.3) is 5.56 Å². The molecular weight excluding hydrogens is 421 g/mol. The van der Waals surface area contributed by atoms with Gasteiger partial charge in [0.05, 0.1) is 21.7 Å². The molecule has 8 heteroatoms. The number of nitrogens with one attached hydrogen (secondary N) is 1. The van der Waals surface area contributed by atoms with E-state index in [1.54, 1.807) is 18.3 Å². The number of pyridine rings is 1. The lowest BCUT2D eigenvalue weighted by molar-refractivity contribution is 0.273. The summed E-state index contributed by atoms with van der Waals surface area (Å²) in [5.74, 6) is 1.36. The van der Waals surface area contributed by atoms with Crippen LogP contribution in [0.4, 0.5) is 4.39 Å². The van der Waals surface area contributed by atoms with Crippen molar-refractivity contribution in [3.63, 3.8) is 0 Å². The number of benzene rings is 2. The van der Waals surface area contributed by atoms with E-state index in [0.717, 1.165) is 23.3 Å². The minimum atomic E-state index is -0.486. The number of hydrogen-bond acceptors (Lipinski definition) is 4. The van der Waals surface area contributed by atoms with Gasteiger partial charge in [0.2, 0.25) is 0 Å². The van der Waals surface area contributed by atoms with Crippen molar-refractivity contribution in [2.24, 2.45) is 5.92 Å². The molecular formula is C23H19ClFN3O3. The van der Waals surface area contributed by atoms with E-state index in [9.17, 15) is 14.3 Å². The maximum atomic E-state index is 13.3. The molecule has 1 fully saturated rings. The summed E-state index contributed by atoms with van der Waals surface area (Å²) in [7, 11) is 0. The van der Waals surface area contributed by atoms with Crippen LogP contribution in [0.25, 0.3) is 16.7 Å². The summed E-state index contributed by atoms with van der Waals surface area (Å²) < 4.78 is 20.4. The highest BCUT2D eigenvalue weighted by Crippen LogP contribution is 2.46. The smallest absolute Gasteiger partial charge is 0.258 e. The van der Waals surface area contributed by atoms with Crippen LogP contribution in [0.2, 0.25) is 5.02 Å². The second-order valence-corrected chi connectivity index (χ2v) is 8.12. The Bertz CT molecular complexity index is 1330. The van der Waals surface area contributed by atoms with Gasteiger partial charge in [-0.3, -0.25) is 9.36 Å². The number of ether oxygens (including phenoxy) is 1. The number of aromatic amines is 1. The number of H-pyrrole nitrogens is 1. The van der Waals surface area contributed by atoms with Crippen molar-refractivity contribution < 1.29 is 14.2 Å². The van der Waals surface area contributed by atoms with E-state index in [0.29, 0.717) is 17.0 Å². The minimum absolute atomic E-state index is 0.0300. The maximum absolute atomic E-state index is 13.3. The van der Waals surface area contributed by atoms with E-state index in [1.165, 1.54) is 22.8 Å². The Balaban J connectivity index is 1.35. The Morgan fingerprint density at radius 2 is 2.10 bits per heavy atom. The van der Waals surface area contributed by atoms with Gasteiger partial charge < -0.3 is 14.8 Å². The van der Waals surface area contributed by atoms with Crippen LogP contribution in [0.5, 0.6) is 5.75 Å². The van der Waals surface area contributed by atoms with Crippen molar-refractivity contribution in [2.75, 3.05) is 6.61 Å². The van der Waals surface area contributed by atoms with E-state index in [1.807, 2.05) is 18.2 Å². The van der Waals surface area contributed by atoms with E-state index in [4.69, 9.17) is 16.3 Å². The van der Waals surface area contributed by atoms with Crippen LogP contribution in [0, 0.1) is 11.7 Å². The van der Waals surface area contributed by atoms with Crippen LogP contribution in [-0.2, 0) is 6.61 Å². The molecule has 2 N–H and O–H groups in total. The quantitative estimate of drug-likeness (QED) is 0.472. The molecule has 2 aromatic carbocycles. The van der Waals surface area contributed by atoms with Gasteiger partial charge in [0, 0.05) is 24.8 Å². The molecule has 2 aromatic heterocycles. The van der Waals surface area contributed by atoms with Gasteiger partial charge in [-0.15, -0.1) is 0 Å². The van der Waals surface area contributed by atoms with Crippen LogP contribution in [-0.4, -0.2) is 26.2 Å². The maximum Gasteiger partial charge on any atom is 0.258 e. The van der Waals surface area contributed by atoms with Crippen LogP contribution in [0.15, 0.2) is 59.5 Å². The Kier molecular flexibility index (Phi) is 5.00. The second kappa shape index (κ2) is 7.83. The number of halogens is 2. The number of hydrogen-bond donors (Lipinski definition) is 2. The Labute approximate surface area is 181 Å². The number of aliphatic hydroxyl groups is 1. The van der Waals surface area contributed by atoms with E-state index in [-0.39, 0.29) is 35.6 Å². The van der Waals surface area contributed by atoms with Gasteiger partial charge in [0.15, 0.2) is 0 Å². The van der Waals surface area contributed by atoms with E-state index in [2.05, 4.69) is 9.97 Å². The molecule has 1 saturated carbocycles. The lowest BCUT2D eigenvalue weighted by Gasteiger charge is -2.09. The molecule has 2 atom stereocenters. The fraction of sp³-hybridized carbons (Fsp3) is 0.217. The molecule has 158 valence electrons. The van der Waals surface area contributed by atoms with E-state index >= 15 is 0 Å². The summed E-state index contributed by atoms with van der Waals surface area (Å²) in [4.78, 5) is 20.6. The van der Waals surface area contributed by atoms with Crippen LogP contribution >= 0.6 is 11.6 Å². The number of nitrogens with zero attached hydrogens (tertiary/aromatic N) is 2. The van der Waals surface area contributed by atoms with Crippen molar-refractivity contribution in [2.45, 2.75) is 18.9 Å². The topological polar surface area (TPSA) is 80.1 Å². The number of aliphatic hydroxyl groups excluding tert-OH is 1. The highest BCUT2D eigenvalue weighted by molar-refractivity contribution is 6.30. The number of rotatable bonds is 6. The zero-order valence-electron chi connectivity index (χ0n) is 16.4. The zero-order chi connectivity index (χ0) is 21.5. The predicted octanol–water partition coefficient (Wildman–Crippen LogP) is 4.18. The highest BCUT2D eigenvalue weighted by Gasteiger charge is 2.39. The first-order chi connectivity index (χ1) is 15.0. The molecule has 0 radical (unpaired) electrons. The average Bonchev–Trinajstić information content (AvgIpc) is 3.44. The molecule has 31 heavy (non-hydrogen) atoms. The normalized spacial score (nSPS) is 17.8. The number of imidazole rings is 1. The first-order valence-corrected chi connectivity index (χ1v) is 10.3. The van der Waals surface area contributed by atoms with Crippen molar-refractivity contribution in [3.05, 3.63) is 87.3 Å². The SMILES string of the molecule is O=c1cc(OCc2ccc(F)c(Cl)c2)ccn1-c1ccc2nc(C3CC3CO)[nH]c2c1. The third-order valence-corrected chi connectivity index (χ3v) is 5.84. The van der Waals surface area contributed by atoms with Crippen LogP contribution in [0.1, 0.15) is 23.7 Å². The molecule has 6 nitrogen and oxygen atoms in total. The first-order valence-electron chi connectivity index (χ1n) is 9.92. The molecule has 1 aliphatic rings. The van der Waals surface area contributed by atoms with E-state index < -0.39 is 5.82 Å². The minimum Gasteiger partial charge on any atom is -0.489 e. The van der Waals surface area contributed by atoms with Crippen LogP contribution < -0.4 is 10.3 Å². The average molecular weight is 440 g/mol. The van der Waals surface area contributed by atoms with Crippen molar-refractivity contribution in [1.29, 1.82) is 0 Å². The molecule has 0 saturated heterocycles. The molecule has 1 aliphatic carbocycles. The summed E-state index contributed by atoms with van der Waals surface area (Å²) in [6.45, 7) is 0.341. The lowest BCUT2D eigenvalue weighted by atomic mass is 10.2. The van der Waals surface area contributed by atoms with Gasteiger partial charge in [-0.05, 0) is 54.3 Å². The molecule has 0 aliphatic heterocycles. The summed E-state index contributed by atoms with van der Waals surface area (Å²) in [5, 5.41) is 9.30. The zero-order valence-corrected chi connectivity index (χ0v) is 17.1. The third kappa shape index (κ3) is 3.94. The van der Waals surface area contributed by atoms with Crippen molar-refractivity contribution in [1.82, 2.24) is 14.5 Å².